The summed E-state index contributed by atoms with van der Waals surface area (Å²) in [6, 6.07) is 0.000782. The summed E-state index contributed by atoms with van der Waals surface area (Å²) in [5.74, 6) is 1.65. The van der Waals surface area contributed by atoms with Crippen LogP contribution < -0.4 is 5.73 Å². The van der Waals surface area contributed by atoms with Crippen LogP contribution in [0, 0.1) is 5.92 Å². The fourth-order valence-electron chi connectivity index (χ4n) is 1.71. The van der Waals surface area contributed by atoms with Crippen molar-refractivity contribution in [1.82, 2.24) is 10.1 Å². The van der Waals surface area contributed by atoms with Crippen molar-refractivity contribution < 1.29 is 9.26 Å². The van der Waals surface area contributed by atoms with Crippen LogP contribution in [0.5, 0.6) is 0 Å². The van der Waals surface area contributed by atoms with Crippen LogP contribution in [-0.2, 0) is 11.3 Å². The molecule has 15 heavy (non-hydrogen) atoms. The topological polar surface area (TPSA) is 74.2 Å². The number of hydrogen-bond donors (Lipinski definition) is 1. The molecule has 0 fully saturated rings. The molecule has 0 aliphatic heterocycles. The molecule has 0 amide bonds. The first-order valence-corrected chi connectivity index (χ1v) is 5.13. The van der Waals surface area contributed by atoms with Crippen LogP contribution in [0.3, 0.4) is 0 Å². The van der Waals surface area contributed by atoms with Gasteiger partial charge >= 0.3 is 0 Å². The monoisotopic (exact) mass is 213 g/mol. The number of methoxy groups -OCH3 is 1. The predicted octanol–water partition coefficient (Wildman–Crippen LogP) is 1.30. The van der Waals surface area contributed by atoms with Gasteiger partial charge in [-0.2, -0.15) is 4.98 Å². The van der Waals surface area contributed by atoms with Crippen molar-refractivity contribution in [3.8, 4) is 0 Å². The average Bonchev–Trinajstić information content (AvgIpc) is 2.52. The zero-order valence-corrected chi connectivity index (χ0v) is 9.73. The Hall–Kier alpha value is -0.940. The van der Waals surface area contributed by atoms with E-state index in [2.05, 4.69) is 24.0 Å². The van der Waals surface area contributed by atoms with Crippen LogP contribution in [0.1, 0.15) is 38.4 Å². The molecule has 2 unspecified atom stereocenters. The smallest absolute Gasteiger partial charge is 0.231 e. The van der Waals surface area contributed by atoms with Gasteiger partial charge in [-0.05, 0) is 12.8 Å². The van der Waals surface area contributed by atoms with Crippen LogP contribution in [0.15, 0.2) is 4.52 Å². The number of nitrogens with zero attached hydrogens (tertiary/aromatic N) is 2. The lowest BCUT2D eigenvalue weighted by Crippen LogP contribution is -2.28. The van der Waals surface area contributed by atoms with Gasteiger partial charge in [0.25, 0.3) is 0 Å². The Bertz CT molecular complexity index is 289. The van der Waals surface area contributed by atoms with E-state index in [4.69, 9.17) is 15.0 Å². The fraction of sp³-hybridized carbons (Fsp3) is 0.800. The zero-order chi connectivity index (χ0) is 11.4. The molecule has 1 aromatic heterocycles. The van der Waals surface area contributed by atoms with Crippen LogP contribution >= 0.6 is 0 Å². The number of ether oxygens (including phenoxy) is 1. The molecule has 5 heteroatoms. The Morgan fingerprint density at radius 3 is 2.53 bits per heavy atom. The molecule has 2 N–H and O–H groups in total. The number of hydrogen-bond acceptors (Lipinski definition) is 5. The fourth-order valence-corrected chi connectivity index (χ4v) is 1.71. The number of rotatable bonds is 5. The lowest BCUT2D eigenvalue weighted by Gasteiger charge is -2.20. The molecule has 1 heterocycles. The molecular weight excluding hydrogens is 194 g/mol. The van der Waals surface area contributed by atoms with Crippen LogP contribution in [-0.4, -0.2) is 23.3 Å². The first-order valence-electron chi connectivity index (χ1n) is 5.13. The van der Waals surface area contributed by atoms with Crippen LogP contribution in [0.2, 0.25) is 0 Å². The summed E-state index contributed by atoms with van der Waals surface area (Å²) in [4.78, 5) is 4.26. The lowest BCUT2D eigenvalue weighted by molar-refractivity contribution is 0.174. The second kappa shape index (κ2) is 5.23. The van der Waals surface area contributed by atoms with Gasteiger partial charge in [-0.1, -0.05) is 19.0 Å². The second-order valence-corrected chi connectivity index (χ2v) is 4.11. The Morgan fingerprint density at radius 2 is 2.07 bits per heavy atom. The van der Waals surface area contributed by atoms with Gasteiger partial charge in [0.05, 0.1) is 5.92 Å². The normalized spacial score (nSPS) is 15.6. The highest BCUT2D eigenvalue weighted by atomic mass is 16.5. The average molecular weight is 213 g/mol. The number of nitrogens with two attached hydrogens (primary N) is 1. The summed E-state index contributed by atoms with van der Waals surface area (Å²) < 4.78 is 10.1. The molecule has 0 saturated heterocycles. The minimum atomic E-state index is 0.000782. The van der Waals surface area contributed by atoms with Crippen molar-refractivity contribution >= 4 is 0 Å². The molecule has 1 rings (SSSR count). The first kappa shape index (κ1) is 12.1. The molecule has 0 radical (unpaired) electrons. The molecule has 0 aliphatic rings. The maximum absolute atomic E-state index is 5.89. The Kier molecular flexibility index (Phi) is 4.23. The van der Waals surface area contributed by atoms with Crippen molar-refractivity contribution in [2.75, 3.05) is 7.11 Å². The molecule has 0 spiro atoms. The minimum absolute atomic E-state index is 0.000782. The Labute approximate surface area is 90.0 Å². The van der Waals surface area contributed by atoms with E-state index in [0.717, 1.165) is 0 Å². The van der Waals surface area contributed by atoms with E-state index < -0.39 is 0 Å². The summed E-state index contributed by atoms with van der Waals surface area (Å²) in [5.41, 5.74) is 5.89. The molecule has 0 saturated carbocycles. The van der Waals surface area contributed by atoms with Gasteiger partial charge in [0.2, 0.25) is 5.89 Å². The van der Waals surface area contributed by atoms with Gasteiger partial charge in [-0.15, -0.1) is 0 Å². The van der Waals surface area contributed by atoms with E-state index in [9.17, 15) is 0 Å². The predicted molar refractivity (Wildman–Crippen MR) is 56.2 cm³/mol. The van der Waals surface area contributed by atoms with Crippen molar-refractivity contribution in [3.63, 3.8) is 0 Å². The van der Waals surface area contributed by atoms with E-state index in [0.29, 0.717) is 24.2 Å². The number of aromatic nitrogens is 2. The second-order valence-electron chi connectivity index (χ2n) is 4.11. The molecule has 0 bridgehead atoms. The van der Waals surface area contributed by atoms with Crippen LogP contribution in [0.4, 0.5) is 0 Å². The first-order chi connectivity index (χ1) is 7.06. The molecule has 86 valence electrons. The summed E-state index contributed by atoms with van der Waals surface area (Å²) in [6.07, 6.45) is 0. The maximum atomic E-state index is 5.89. The van der Waals surface area contributed by atoms with Gasteiger partial charge in [0, 0.05) is 13.2 Å². The van der Waals surface area contributed by atoms with Gasteiger partial charge in [-0.25, -0.2) is 0 Å². The highest BCUT2D eigenvalue weighted by molar-refractivity contribution is 4.98. The quantitative estimate of drug-likeness (QED) is 0.798. The highest BCUT2D eigenvalue weighted by Gasteiger charge is 2.25. The zero-order valence-electron chi connectivity index (χ0n) is 9.73. The molecule has 2 atom stereocenters. The van der Waals surface area contributed by atoms with Crippen molar-refractivity contribution in [2.24, 2.45) is 11.7 Å². The molecule has 1 aromatic rings. The van der Waals surface area contributed by atoms with Crippen molar-refractivity contribution in [2.45, 2.75) is 39.3 Å². The highest BCUT2D eigenvalue weighted by Crippen LogP contribution is 2.25. The third kappa shape index (κ3) is 3.00. The third-order valence-electron chi connectivity index (χ3n) is 2.33. The summed E-state index contributed by atoms with van der Waals surface area (Å²) in [5, 5.41) is 3.82. The van der Waals surface area contributed by atoms with E-state index >= 15 is 0 Å². The van der Waals surface area contributed by atoms with E-state index in [1.54, 1.807) is 7.11 Å². The lowest BCUT2D eigenvalue weighted by atomic mass is 9.90. The largest absolute Gasteiger partial charge is 0.377 e. The maximum Gasteiger partial charge on any atom is 0.231 e. The standard InChI is InChI=1S/C10H19N3O2/c1-6(2)9(7(3)11)10-12-8(5-14-4)13-15-10/h6-7,9H,5,11H2,1-4H3. The summed E-state index contributed by atoms with van der Waals surface area (Å²) in [6.45, 7) is 6.50. The van der Waals surface area contributed by atoms with Crippen molar-refractivity contribution in [3.05, 3.63) is 11.7 Å². The van der Waals surface area contributed by atoms with Gasteiger partial charge in [-0.3, -0.25) is 0 Å². The van der Waals surface area contributed by atoms with E-state index in [1.807, 2.05) is 6.92 Å². The Morgan fingerprint density at radius 1 is 1.40 bits per heavy atom. The SMILES string of the molecule is COCc1noc(C(C(C)C)C(C)N)n1. The molecule has 5 nitrogen and oxygen atoms in total. The third-order valence-corrected chi connectivity index (χ3v) is 2.33. The molecule has 0 aliphatic carbocycles. The Balaban J connectivity index is 2.82. The summed E-state index contributed by atoms with van der Waals surface area (Å²) >= 11 is 0. The van der Waals surface area contributed by atoms with Crippen molar-refractivity contribution in [1.29, 1.82) is 0 Å². The van der Waals surface area contributed by atoms with E-state index in [-0.39, 0.29) is 12.0 Å². The van der Waals surface area contributed by atoms with Crippen LogP contribution in [0.25, 0.3) is 0 Å². The van der Waals surface area contributed by atoms with Gasteiger partial charge < -0.3 is 15.0 Å². The molecule has 0 aromatic carbocycles. The minimum Gasteiger partial charge on any atom is -0.377 e. The van der Waals surface area contributed by atoms with Gasteiger partial charge in [0.1, 0.15) is 6.61 Å². The molecular formula is C10H19N3O2. The van der Waals surface area contributed by atoms with Gasteiger partial charge in [0.15, 0.2) is 5.82 Å². The van der Waals surface area contributed by atoms with E-state index in [1.165, 1.54) is 0 Å². The summed E-state index contributed by atoms with van der Waals surface area (Å²) in [7, 11) is 1.60.